The van der Waals surface area contributed by atoms with Crippen molar-refractivity contribution in [2.75, 3.05) is 5.32 Å². The van der Waals surface area contributed by atoms with Gasteiger partial charge in [-0.15, -0.1) is 24.0 Å². The number of benzene rings is 1. The van der Waals surface area contributed by atoms with E-state index in [0.717, 1.165) is 17.1 Å². The Bertz CT molecular complexity index is 841. The van der Waals surface area contributed by atoms with Crippen LogP contribution in [0.5, 0.6) is 0 Å². The second-order valence-electron chi connectivity index (χ2n) is 5.62. The third kappa shape index (κ3) is 5.02. The topological polar surface area (TPSA) is 81.1 Å². The lowest BCUT2D eigenvalue weighted by molar-refractivity contribution is 0.967. The van der Waals surface area contributed by atoms with E-state index in [-0.39, 0.29) is 24.0 Å². The van der Waals surface area contributed by atoms with Crippen molar-refractivity contribution in [2.45, 2.75) is 20.4 Å². The van der Waals surface area contributed by atoms with Crippen LogP contribution in [0.15, 0.2) is 60.2 Å². The fraction of sp³-hybridized carbons (Fsp3) is 0.167. The number of nitrogens with one attached hydrogen (secondary N) is 1. The Hall–Kier alpha value is -2.42. The molecular formula is C18H21IN6. The maximum absolute atomic E-state index is 5.95. The van der Waals surface area contributed by atoms with Crippen molar-refractivity contribution in [1.82, 2.24) is 14.5 Å². The van der Waals surface area contributed by atoms with E-state index in [4.69, 9.17) is 5.73 Å². The first-order valence-electron chi connectivity index (χ1n) is 7.69. The molecule has 0 radical (unpaired) electrons. The minimum atomic E-state index is 0. The molecule has 25 heavy (non-hydrogen) atoms. The summed E-state index contributed by atoms with van der Waals surface area (Å²) in [5, 5.41) is 3.11. The Morgan fingerprint density at radius 1 is 1.20 bits per heavy atom. The molecule has 2 aromatic heterocycles. The number of imidazole rings is 1. The van der Waals surface area contributed by atoms with Crippen molar-refractivity contribution in [3.63, 3.8) is 0 Å². The molecular weight excluding hydrogens is 427 g/mol. The molecule has 0 fully saturated rings. The van der Waals surface area contributed by atoms with Crippen molar-refractivity contribution in [3.8, 4) is 5.82 Å². The molecule has 2 heterocycles. The van der Waals surface area contributed by atoms with Gasteiger partial charge in [-0.05, 0) is 48.7 Å². The van der Waals surface area contributed by atoms with Gasteiger partial charge in [0.05, 0.1) is 6.54 Å². The second kappa shape index (κ2) is 8.61. The highest BCUT2D eigenvalue weighted by atomic mass is 127. The molecule has 3 rings (SSSR count). The minimum Gasteiger partial charge on any atom is -0.370 e. The van der Waals surface area contributed by atoms with E-state index in [1.165, 1.54) is 11.1 Å². The average Bonchev–Trinajstić information content (AvgIpc) is 3.11. The van der Waals surface area contributed by atoms with Crippen LogP contribution < -0.4 is 11.1 Å². The Morgan fingerprint density at radius 2 is 2.04 bits per heavy atom. The molecule has 3 aromatic rings. The first-order valence-corrected chi connectivity index (χ1v) is 7.69. The standard InChI is InChI=1S/C18H20N6.HI/c1-13-3-5-16(9-14(13)2)23-18(19)22-11-15-4-6-17(21-10-15)24-8-7-20-12-24;/h3-10,12H,11H2,1-2H3,(H3,19,22,23);1H. The maximum atomic E-state index is 5.95. The smallest absolute Gasteiger partial charge is 0.193 e. The summed E-state index contributed by atoms with van der Waals surface area (Å²) in [5.74, 6) is 1.21. The number of guanidine groups is 1. The molecule has 7 heteroatoms. The number of aryl methyl sites for hydroxylation is 2. The number of hydrogen-bond donors (Lipinski definition) is 2. The van der Waals surface area contributed by atoms with Gasteiger partial charge < -0.3 is 11.1 Å². The zero-order valence-corrected chi connectivity index (χ0v) is 16.5. The first-order chi connectivity index (χ1) is 11.6. The molecule has 0 saturated carbocycles. The molecule has 0 aliphatic rings. The van der Waals surface area contributed by atoms with Crippen LogP contribution in [0.25, 0.3) is 5.82 Å². The number of nitrogens with zero attached hydrogens (tertiary/aromatic N) is 4. The summed E-state index contributed by atoms with van der Waals surface area (Å²) in [6, 6.07) is 10.0. The lowest BCUT2D eigenvalue weighted by atomic mass is 10.1. The van der Waals surface area contributed by atoms with Gasteiger partial charge in [-0.25, -0.2) is 15.0 Å². The number of anilines is 1. The SMILES string of the molecule is Cc1ccc(NC(N)=NCc2ccc(-n3ccnc3)nc2)cc1C.I. The van der Waals surface area contributed by atoms with Gasteiger partial charge >= 0.3 is 0 Å². The number of rotatable bonds is 4. The summed E-state index contributed by atoms with van der Waals surface area (Å²) in [4.78, 5) is 12.8. The van der Waals surface area contributed by atoms with E-state index >= 15 is 0 Å². The van der Waals surface area contributed by atoms with E-state index in [9.17, 15) is 0 Å². The molecule has 0 saturated heterocycles. The van der Waals surface area contributed by atoms with Gasteiger partial charge in [0.15, 0.2) is 5.96 Å². The van der Waals surface area contributed by atoms with Gasteiger partial charge in [-0.2, -0.15) is 0 Å². The van der Waals surface area contributed by atoms with Crippen molar-refractivity contribution in [3.05, 3.63) is 71.9 Å². The molecule has 0 aliphatic carbocycles. The third-order valence-electron chi connectivity index (χ3n) is 3.79. The van der Waals surface area contributed by atoms with Gasteiger partial charge in [0.1, 0.15) is 12.1 Å². The summed E-state index contributed by atoms with van der Waals surface area (Å²) in [5.41, 5.74) is 10.3. The molecule has 0 bridgehead atoms. The van der Waals surface area contributed by atoms with Crippen molar-refractivity contribution < 1.29 is 0 Å². The quantitative estimate of drug-likeness (QED) is 0.364. The number of nitrogens with two attached hydrogens (primary N) is 1. The Kier molecular flexibility index (Phi) is 6.51. The van der Waals surface area contributed by atoms with Gasteiger partial charge in [0, 0.05) is 24.3 Å². The molecule has 3 N–H and O–H groups in total. The predicted molar refractivity (Wildman–Crippen MR) is 112 cm³/mol. The molecule has 0 spiro atoms. The van der Waals surface area contributed by atoms with Gasteiger partial charge in [0.2, 0.25) is 0 Å². The van der Waals surface area contributed by atoms with Crippen LogP contribution in [0, 0.1) is 13.8 Å². The van der Waals surface area contributed by atoms with E-state index in [1.807, 2.05) is 29.0 Å². The molecule has 0 unspecified atom stereocenters. The van der Waals surface area contributed by atoms with Crippen molar-refractivity contribution in [1.29, 1.82) is 0 Å². The van der Waals surface area contributed by atoms with Crippen LogP contribution >= 0.6 is 24.0 Å². The highest BCUT2D eigenvalue weighted by Gasteiger charge is 2.00. The molecule has 1 aromatic carbocycles. The molecule has 0 aliphatic heterocycles. The Balaban J connectivity index is 0.00000225. The van der Waals surface area contributed by atoms with Crippen LogP contribution in [0.2, 0.25) is 0 Å². The number of aliphatic imine (C=N–C) groups is 1. The number of aromatic nitrogens is 3. The summed E-state index contributed by atoms with van der Waals surface area (Å²) in [7, 11) is 0. The fourth-order valence-corrected chi connectivity index (χ4v) is 2.24. The highest BCUT2D eigenvalue weighted by molar-refractivity contribution is 14.0. The lowest BCUT2D eigenvalue weighted by Gasteiger charge is -2.08. The number of hydrogen-bond acceptors (Lipinski definition) is 3. The summed E-state index contributed by atoms with van der Waals surface area (Å²) >= 11 is 0. The maximum Gasteiger partial charge on any atom is 0.193 e. The van der Waals surface area contributed by atoms with Gasteiger partial charge in [0.25, 0.3) is 0 Å². The lowest BCUT2D eigenvalue weighted by Crippen LogP contribution is -2.22. The number of halogens is 1. The summed E-state index contributed by atoms with van der Waals surface area (Å²) < 4.78 is 1.85. The van der Waals surface area contributed by atoms with Crippen molar-refractivity contribution >= 4 is 35.6 Å². The largest absolute Gasteiger partial charge is 0.370 e. The van der Waals surface area contributed by atoms with Crippen LogP contribution in [0.3, 0.4) is 0 Å². The molecule has 130 valence electrons. The van der Waals surface area contributed by atoms with E-state index in [2.05, 4.69) is 46.3 Å². The van der Waals surface area contributed by atoms with E-state index in [0.29, 0.717) is 12.5 Å². The van der Waals surface area contributed by atoms with Crippen LogP contribution in [-0.4, -0.2) is 20.5 Å². The van der Waals surface area contributed by atoms with Crippen molar-refractivity contribution in [2.24, 2.45) is 10.7 Å². The molecule has 6 nitrogen and oxygen atoms in total. The van der Waals surface area contributed by atoms with Crippen LogP contribution in [0.4, 0.5) is 5.69 Å². The predicted octanol–water partition coefficient (Wildman–Crippen LogP) is 3.43. The first kappa shape index (κ1) is 18.9. The molecule has 0 amide bonds. The Labute approximate surface area is 164 Å². The van der Waals surface area contributed by atoms with Gasteiger partial charge in [-0.1, -0.05) is 12.1 Å². The monoisotopic (exact) mass is 448 g/mol. The van der Waals surface area contributed by atoms with Crippen LogP contribution in [-0.2, 0) is 6.54 Å². The second-order valence-corrected chi connectivity index (χ2v) is 5.62. The summed E-state index contributed by atoms with van der Waals surface area (Å²) in [6.07, 6.45) is 7.08. The average molecular weight is 448 g/mol. The van der Waals surface area contributed by atoms with E-state index < -0.39 is 0 Å². The minimum absolute atomic E-state index is 0. The zero-order chi connectivity index (χ0) is 16.9. The van der Waals surface area contributed by atoms with Crippen LogP contribution in [0.1, 0.15) is 16.7 Å². The van der Waals surface area contributed by atoms with Gasteiger partial charge in [-0.3, -0.25) is 4.57 Å². The zero-order valence-electron chi connectivity index (χ0n) is 14.2. The third-order valence-corrected chi connectivity index (χ3v) is 3.79. The highest BCUT2D eigenvalue weighted by Crippen LogP contribution is 2.14. The Morgan fingerprint density at radius 3 is 2.68 bits per heavy atom. The normalized spacial score (nSPS) is 11.0. The fourth-order valence-electron chi connectivity index (χ4n) is 2.24. The number of pyridine rings is 1. The molecule has 0 atom stereocenters. The van der Waals surface area contributed by atoms with E-state index in [1.54, 1.807) is 18.7 Å². The summed E-state index contributed by atoms with van der Waals surface area (Å²) in [6.45, 7) is 4.62.